The van der Waals surface area contributed by atoms with Gasteiger partial charge in [-0.25, -0.2) is 4.79 Å². The first-order valence-corrected chi connectivity index (χ1v) is 16.4. The molecule has 50 heavy (non-hydrogen) atoms. The summed E-state index contributed by atoms with van der Waals surface area (Å²) in [6.45, 7) is 9.04. The van der Waals surface area contributed by atoms with E-state index in [1.165, 1.54) is 43.5 Å². The normalized spacial score (nSPS) is 14.7. The Kier molecular flexibility index (Phi) is 16.0. The minimum absolute atomic E-state index is 0.0738. The van der Waals surface area contributed by atoms with Crippen LogP contribution in [0.4, 0.5) is 13.2 Å². The standard InChI is InChI=1S/C39H49F3O8/c1-25(2)20-33(50-37(47)38(49-7,39(40,41)42)31-14-9-8-10-15-31)21-27(4)12-11-13-28(5)34(44)19-17-26(3)16-18-29-22-32(43)23-30(36(29)46)24-35(45)48-6/h8-10,12,14-16,20,22-23,28,33,43,46H,11,13,17-19,21,24H2,1-7H3/b26-16-,27-12+/t28?,33-,38-/m1/s1. The zero-order chi connectivity index (χ0) is 37.6. The predicted molar refractivity (Wildman–Crippen MR) is 184 cm³/mol. The minimum atomic E-state index is -5.08. The van der Waals surface area contributed by atoms with Crippen LogP contribution in [0, 0.1) is 5.92 Å². The van der Waals surface area contributed by atoms with E-state index >= 15 is 0 Å². The number of alkyl halides is 3. The Morgan fingerprint density at radius 2 is 1.54 bits per heavy atom. The van der Waals surface area contributed by atoms with Gasteiger partial charge in [-0.2, -0.15) is 13.2 Å². The first-order chi connectivity index (χ1) is 23.4. The number of phenolic OH excluding ortho intramolecular Hbond substituents is 2. The largest absolute Gasteiger partial charge is 0.508 e. The smallest absolute Gasteiger partial charge is 0.432 e. The average Bonchev–Trinajstić information content (AvgIpc) is 3.04. The molecule has 3 atom stereocenters. The summed E-state index contributed by atoms with van der Waals surface area (Å²) in [5.41, 5.74) is -0.485. The van der Waals surface area contributed by atoms with Gasteiger partial charge >= 0.3 is 18.1 Å². The Bertz CT molecular complexity index is 1550. The van der Waals surface area contributed by atoms with Crippen molar-refractivity contribution in [1.82, 2.24) is 0 Å². The van der Waals surface area contributed by atoms with E-state index in [4.69, 9.17) is 9.47 Å². The van der Waals surface area contributed by atoms with E-state index < -0.39 is 29.8 Å². The SMILES string of the molecule is COC(=O)Cc1cc(O)cc(C/C=C(/C)CCC(=O)C(C)CC/C=C(\C)C[C@@H](C=C(C)C)OC(=O)[C@](OC)(c2ccccc2)C(F)(F)F)c1O. The van der Waals surface area contributed by atoms with Gasteiger partial charge in [0.2, 0.25) is 0 Å². The van der Waals surface area contributed by atoms with Crippen LogP contribution in [0.25, 0.3) is 0 Å². The molecule has 0 heterocycles. The molecule has 0 aliphatic carbocycles. The van der Waals surface area contributed by atoms with Gasteiger partial charge in [0, 0.05) is 42.6 Å². The lowest BCUT2D eigenvalue weighted by Gasteiger charge is -2.33. The summed E-state index contributed by atoms with van der Waals surface area (Å²) < 4.78 is 58.1. The maximum atomic E-state index is 14.4. The van der Waals surface area contributed by atoms with Crippen molar-refractivity contribution in [2.75, 3.05) is 14.2 Å². The molecule has 0 aliphatic rings. The molecule has 274 valence electrons. The van der Waals surface area contributed by atoms with Crippen molar-refractivity contribution < 1.29 is 52.0 Å². The van der Waals surface area contributed by atoms with Gasteiger partial charge in [0.05, 0.1) is 13.5 Å². The van der Waals surface area contributed by atoms with E-state index in [1.54, 1.807) is 32.9 Å². The summed E-state index contributed by atoms with van der Waals surface area (Å²) in [6.07, 6.45) is 1.51. The van der Waals surface area contributed by atoms with Crippen LogP contribution in [0.5, 0.6) is 11.5 Å². The van der Waals surface area contributed by atoms with Gasteiger partial charge in [-0.1, -0.05) is 66.1 Å². The van der Waals surface area contributed by atoms with Crippen molar-refractivity contribution in [3.63, 3.8) is 0 Å². The lowest BCUT2D eigenvalue weighted by Crippen LogP contribution is -2.52. The van der Waals surface area contributed by atoms with E-state index in [0.29, 0.717) is 37.7 Å². The number of rotatable bonds is 18. The molecule has 2 rings (SSSR count). The summed E-state index contributed by atoms with van der Waals surface area (Å²) in [5.74, 6) is -2.44. The highest BCUT2D eigenvalue weighted by atomic mass is 19.4. The van der Waals surface area contributed by atoms with Crippen LogP contribution in [0.15, 0.2) is 77.4 Å². The molecule has 0 bridgehead atoms. The van der Waals surface area contributed by atoms with Gasteiger partial charge in [-0.15, -0.1) is 0 Å². The number of ether oxygens (including phenoxy) is 3. The first kappa shape index (κ1) is 41.8. The molecule has 0 amide bonds. The Morgan fingerprint density at radius 3 is 2.12 bits per heavy atom. The number of carbonyl (C=O) groups is 3. The third-order valence-electron chi connectivity index (χ3n) is 8.37. The first-order valence-electron chi connectivity index (χ1n) is 16.4. The number of allylic oxidation sites excluding steroid dienone is 4. The number of esters is 2. The molecule has 2 N–H and O–H groups in total. The van der Waals surface area contributed by atoms with Crippen LogP contribution in [-0.2, 0) is 47.0 Å². The highest BCUT2D eigenvalue weighted by Crippen LogP contribution is 2.43. The van der Waals surface area contributed by atoms with E-state index in [1.807, 2.05) is 26.0 Å². The van der Waals surface area contributed by atoms with Gasteiger partial charge in [-0.05, 0) is 71.6 Å². The molecule has 0 fully saturated rings. The molecule has 0 spiro atoms. The van der Waals surface area contributed by atoms with Gasteiger partial charge in [0.15, 0.2) is 0 Å². The lowest BCUT2D eigenvalue weighted by molar-refractivity contribution is -0.277. The highest BCUT2D eigenvalue weighted by Gasteiger charge is 2.64. The Balaban J connectivity index is 1.99. The van der Waals surface area contributed by atoms with Crippen molar-refractivity contribution in [2.24, 2.45) is 5.92 Å². The molecular weight excluding hydrogens is 653 g/mol. The van der Waals surface area contributed by atoms with Crippen molar-refractivity contribution in [2.45, 2.75) is 97.4 Å². The number of ketones is 1. The summed E-state index contributed by atoms with van der Waals surface area (Å²) in [5, 5.41) is 20.6. The number of phenols is 2. The fourth-order valence-corrected chi connectivity index (χ4v) is 5.47. The molecule has 1 unspecified atom stereocenters. The van der Waals surface area contributed by atoms with Gasteiger partial charge < -0.3 is 24.4 Å². The van der Waals surface area contributed by atoms with Gasteiger partial charge in [0.25, 0.3) is 5.60 Å². The summed E-state index contributed by atoms with van der Waals surface area (Å²) in [7, 11) is 2.07. The minimum Gasteiger partial charge on any atom is -0.508 e. The zero-order valence-corrected chi connectivity index (χ0v) is 29.9. The van der Waals surface area contributed by atoms with Gasteiger partial charge in [0.1, 0.15) is 23.4 Å². The fourth-order valence-electron chi connectivity index (χ4n) is 5.47. The number of carbonyl (C=O) groups excluding carboxylic acids is 3. The summed E-state index contributed by atoms with van der Waals surface area (Å²) in [4.78, 5) is 37.7. The molecule has 0 radical (unpaired) electrons. The van der Waals surface area contributed by atoms with Crippen LogP contribution < -0.4 is 0 Å². The topological polar surface area (TPSA) is 119 Å². The molecule has 11 heteroatoms. The molecule has 2 aromatic rings. The van der Waals surface area contributed by atoms with Crippen molar-refractivity contribution >= 4 is 17.7 Å². The number of Topliss-reactive ketones (excluding diaryl/α,β-unsaturated/α-hetero) is 1. The monoisotopic (exact) mass is 702 g/mol. The number of hydrogen-bond acceptors (Lipinski definition) is 8. The van der Waals surface area contributed by atoms with Crippen molar-refractivity contribution in [3.05, 3.63) is 94.1 Å². The van der Waals surface area contributed by atoms with Crippen molar-refractivity contribution in [3.8, 4) is 11.5 Å². The Labute approximate surface area is 292 Å². The average molecular weight is 703 g/mol. The Hall–Kier alpha value is -4.38. The van der Waals surface area contributed by atoms with Crippen LogP contribution >= 0.6 is 0 Å². The van der Waals surface area contributed by atoms with Crippen LogP contribution in [0.2, 0.25) is 0 Å². The van der Waals surface area contributed by atoms with Gasteiger partial charge in [-0.3, -0.25) is 9.59 Å². The molecule has 0 saturated heterocycles. The summed E-state index contributed by atoms with van der Waals surface area (Å²) >= 11 is 0. The number of methoxy groups -OCH3 is 2. The third kappa shape index (κ3) is 11.9. The zero-order valence-electron chi connectivity index (χ0n) is 29.9. The Morgan fingerprint density at radius 1 is 0.900 bits per heavy atom. The van der Waals surface area contributed by atoms with E-state index in [2.05, 4.69) is 4.74 Å². The van der Waals surface area contributed by atoms with Crippen molar-refractivity contribution in [1.29, 1.82) is 0 Å². The maximum absolute atomic E-state index is 14.4. The summed E-state index contributed by atoms with van der Waals surface area (Å²) in [6, 6.07) is 9.41. The number of halogens is 3. The second kappa shape index (κ2) is 19.1. The van der Waals surface area contributed by atoms with Crippen LogP contribution in [0.3, 0.4) is 0 Å². The quantitative estimate of drug-likeness (QED) is 0.0904. The lowest BCUT2D eigenvalue weighted by atomic mass is 9.92. The van der Waals surface area contributed by atoms with E-state index in [0.717, 1.165) is 23.8 Å². The number of benzene rings is 2. The molecule has 8 nitrogen and oxygen atoms in total. The maximum Gasteiger partial charge on any atom is 0.432 e. The fraction of sp³-hybridized carbons (Fsp3) is 0.462. The number of hydrogen-bond donors (Lipinski definition) is 2. The molecule has 0 aromatic heterocycles. The number of aromatic hydroxyl groups is 2. The second-order valence-corrected chi connectivity index (χ2v) is 12.8. The molecule has 0 aliphatic heterocycles. The van der Waals surface area contributed by atoms with Crippen LogP contribution in [-0.4, -0.2) is 54.4 Å². The predicted octanol–water partition coefficient (Wildman–Crippen LogP) is 8.39. The highest BCUT2D eigenvalue weighted by molar-refractivity contribution is 5.83. The van der Waals surface area contributed by atoms with E-state index in [9.17, 15) is 37.8 Å². The molecule has 0 saturated carbocycles. The molecular formula is C39H49F3O8. The third-order valence-corrected chi connectivity index (χ3v) is 8.37. The molecule has 2 aromatic carbocycles. The van der Waals surface area contributed by atoms with E-state index in [-0.39, 0.29) is 47.2 Å². The second-order valence-electron chi connectivity index (χ2n) is 12.8. The van der Waals surface area contributed by atoms with Crippen LogP contribution in [0.1, 0.15) is 83.4 Å².